The van der Waals surface area contributed by atoms with Crippen LogP contribution in [0.1, 0.15) is 75.6 Å². The van der Waals surface area contributed by atoms with Crippen molar-refractivity contribution in [3.8, 4) is 11.3 Å². The van der Waals surface area contributed by atoms with Crippen molar-refractivity contribution in [3.05, 3.63) is 53.7 Å². The van der Waals surface area contributed by atoms with Crippen LogP contribution in [-0.2, 0) is 13.0 Å². The standard InChI is InChI=1S/C28H36F2N6/c1-2-22-26(31)32-18-33-28(22)35-14-11-20(12-15-35)27-34-25(21-9-10-23(29)24(30)16-21)17-36(27)13-4-3-6-19-7-5-8-19/h9-10,16-20H,2-8,11-15H2,1H3,(H2,31,32,33). The molecule has 3 aromatic rings. The summed E-state index contributed by atoms with van der Waals surface area (Å²) < 4.78 is 29.7. The highest BCUT2D eigenvalue weighted by Crippen LogP contribution is 2.34. The molecule has 8 heteroatoms. The topological polar surface area (TPSA) is 72.9 Å². The molecule has 0 radical (unpaired) electrons. The summed E-state index contributed by atoms with van der Waals surface area (Å²) in [6, 6.07) is 4.04. The molecule has 0 bridgehead atoms. The summed E-state index contributed by atoms with van der Waals surface area (Å²) in [5, 5.41) is 0. The van der Waals surface area contributed by atoms with Crippen molar-refractivity contribution in [2.24, 2.45) is 5.92 Å². The van der Waals surface area contributed by atoms with Crippen molar-refractivity contribution in [3.63, 3.8) is 0 Å². The average molecular weight is 495 g/mol. The van der Waals surface area contributed by atoms with E-state index in [1.54, 1.807) is 12.4 Å². The van der Waals surface area contributed by atoms with Crippen LogP contribution in [0.5, 0.6) is 0 Å². The van der Waals surface area contributed by atoms with Crippen molar-refractivity contribution in [1.82, 2.24) is 19.5 Å². The number of piperidine rings is 1. The number of nitrogens with two attached hydrogens (primary N) is 1. The van der Waals surface area contributed by atoms with Crippen molar-refractivity contribution < 1.29 is 8.78 Å². The monoisotopic (exact) mass is 494 g/mol. The average Bonchev–Trinajstić information content (AvgIpc) is 3.28. The predicted octanol–water partition coefficient (Wildman–Crippen LogP) is 6.12. The summed E-state index contributed by atoms with van der Waals surface area (Å²) in [6.45, 7) is 4.71. The zero-order valence-electron chi connectivity index (χ0n) is 21.1. The van der Waals surface area contributed by atoms with Gasteiger partial charge in [0.2, 0.25) is 0 Å². The summed E-state index contributed by atoms with van der Waals surface area (Å²) in [6.07, 6.45) is 14.0. The highest BCUT2D eigenvalue weighted by Gasteiger charge is 2.27. The molecule has 3 heterocycles. The molecule has 2 aromatic heterocycles. The van der Waals surface area contributed by atoms with Crippen LogP contribution in [0.25, 0.3) is 11.3 Å². The molecular weight excluding hydrogens is 458 g/mol. The van der Waals surface area contributed by atoms with Gasteiger partial charge in [-0.05, 0) is 49.8 Å². The van der Waals surface area contributed by atoms with E-state index in [4.69, 9.17) is 10.7 Å². The van der Waals surface area contributed by atoms with E-state index in [1.165, 1.54) is 44.2 Å². The Bertz CT molecular complexity index is 1180. The van der Waals surface area contributed by atoms with Crippen LogP contribution in [0.4, 0.5) is 20.4 Å². The van der Waals surface area contributed by atoms with E-state index < -0.39 is 11.6 Å². The number of halogens is 2. The summed E-state index contributed by atoms with van der Waals surface area (Å²) in [5.41, 5.74) is 8.43. The third-order valence-corrected chi connectivity index (χ3v) is 7.98. The molecule has 0 amide bonds. The van der Waals surface area contributed by atoms with Crippen molar-refractivity contribution >= 4 is 11.6 Å². The second-order valence-corrected chi connectivity index (χ2v) is 10.3. The number of benzene rings is 1. The molecule has 1 aliphatic heterocycles. The van der Waals surface area contributed by atoms with E-state index in [2.05, 4.69) is 26.4 Å². The molecule has 0 atom stereocenters. The van der Waals surface area contributed by atoms with Gasteiger partial charge in [0.25, 0.3) is 0 Å². The Morgan fingerprint density at radius 3 is 2.53 bits per heavy atom. The van der Waals surface area contributed by atoms with Gasteiger partial charge in [-0.1, -0.05) is 39.0 Å². The number of rotatable bonds is 9. The van der Waals surface area contributed by atoms with Crippen molar-refractivity contribution in [2.45, 2.75) is 77.2 Å². The number of nitrogen functional groups attached to an aromatic ring is 1. The number of unbranched alkanes of at least 4 members (excludes halogenated alkanes) is 1. The maximum atomic E-state index is 14.0. The Balaban J connectivity index is 1.32. The van der Waals surface area contributed by atoms with Gasteiger partial charge in [-0.25, -0.2) is 23.7 Å². The van der Waals surface area contributed by atoms with Crippen LogP contribution < -0.4 is 10.6 Å². The van der Waals surface area contributed by atoms with Crippen LogP contribution in [0, 0.1) is 17.6 Å². The third kappa shape index (κ3) is 5.22. The Kier molecular flexibility index (Phi) is 7.48. The minimum Gasteiger partial charge on any atom is -0.383 e. The molecule has 1 aromatic carbocycles. The van der Waals surface area contributed by atoms with Gasteiger partial charge >= 0.3 is 0 Å². The lowest BCUT2D eigenvalue weighted by Crippen LogP contribution is -2.35. The summed E-state index contributed by atoms with van der Waals surface area (Å²) in [4.78, 5) is 16.0. The minimum absolute atomic E-state index is 0.302. The summed E-state index contributed by atoms with van der Waals surface area (Å²) in [5.74, 6) is 2.08. The van der Waals surface area contributed by atoms with Gasteiger partial charge in [0.1, 0.15) is 23.8 Å². The van der Waals surface area contributed by atoms with Gasteiger partial charge in [0.05, 0.1) is 5.69 Å². The second-order valence-electron chi connectivity index (χ2n) is 10.3. The van der Waals surface area contributed by atoms with Crippen LogP contribution >= 0.6 is 0 Å². The zero-order valence-corrected chi connectivity index (χ0v) is 21.1. The van der Waals surface area contributed by atoms with E-state index in [9.17, 15) is 8.78 Å². The number of nitrogens with zero attached hydrogens (tertiary/aromatic N) is 5. The van der Waals surface area contributed by atoms with Crippen molar-refractivity contribution in [1.29, 1.82) is 0 Å². The highest BCUT2D eigenvalue weighted by molar-refractivity contribution is 5.59. The summed E-state index contributed by atoms with van der Waals surface area (Å²) in [7, 11) is 0. The number of hydrogen-bond donors (Lipinski definition) is 1. The van der Waals surface area contributed by atoms with E-state index >= 15 is 0 Å². The molecule has 2 aliphatic rings. The van der Waals surface area contributed by atoms with Gasteiger partial charge < -0.3 is 15.2 Å². The lowest BCUT2D eigenvalue weighted by atomic mass is 9.82. The maximum Gasteiger partial charge on any atom is 0.159 e. The molecule has 1 saturated carbocycles. The van der Waals surface area contributed by atoms with Crippen LogP contribution in [0.2, 0.25) is 0 Å². The fraction of sp³-hybridized carbons (Fsp3) is 0.536. The Labute approximate surface area is 212 Å². The molecule has 2 fully saturated rings. The fourth-order valence-electron chi connectivity index (χ4n) is 5.60. The van der Waals surface area contributed by atoms with Gasteiger partial charge in [0, 0.05) is 42.9 Å². The SMILES string of the molecule is CCc1c(N)ncnc1N1CCC(c2nc(-c3ccc(F)c(F)c3)cn2CCCCC2CCC2)CC1. The molecule has 36 heavy (non-hydrogen) atoms. The molecule has 192 valence electrons. The molecule has 2 N–H and O–H groups in total. The van der Waals surface area contributed by atoms with E-state index in [1.807, 2.05) is 6.20 Å². The maximum absolute atomic E-state index is 14.0. The van der Waals surface area contributed by atoms with Gasteiger partial charge in [0.15, 0.2) is 11.6 Å². The zero-order chi connectivity index (χ0) is 25.1. The number of anilines is 2. The van der Waals surface area contributed by atoms with Crippen LogP contribution in [-0.4, -0.2) is 32.6 Å². The first-order valence-electron chi connectivity index (χ1n) is 13.4. The number of aromatic nitrogens is 4. The normalized spacial score (nSPS) is 16.9. The number of hydrogen-bond acceptors (Lipinski definition) is 5. The van der Waals surface area contributed by atoms with E-state index in [-0.39, 0.29) is 0 Å². The van der Waals surface area contributed by atoms with Gasteiger partial charge in [-0.3, -0.25) is 0 Å². The Hall–Kier alpha value is -3.03. The first kappa shape index (κ1) is 24.7. The molecule has 5 rings (SSSR count). The minimum atomic E-state index is -0.840. The smallest absolute Gasteiger partial charge is 0.159 e. The largest absolute Gasteiger partial charge is 0.383 e. The lowest BCUT2D eigenvalue weighted by molar-refractivity contribution is 0.285. The molecule has 0 spiro atoms. The first-order valence-corrected chi connectivity index (χ1v) is 13.4. The van der Waals surface area contributed by atoms with Crippen LogP contribution in [0.3, 0.4) is 0 Å². The van der Waals surface area contributed by atoms with Crippen LogP contribution in [0.15, 0.2) is 30.7 Å². The fourth-order valence-corrected chi connectivity index (χ4v) is 5.60. The molecular formula is C28H36F2N6. The molecule has 0 unspecified atom stereocenters. The molecule has 1 saturated heterocycles. The second kappa shape index (κ2) is 10.9. The van der Waals surface area contributed by atoms with Crippen molar-refractivity contribution in [2.75, 3.05) is 23.7 Å². The predicted molar refractivity (Wildman–Crippen MR) is 139 cm³/mol. The molecule has 1 aliphatic carbocycles. The quantitative estimate of drug-likeness (QED) is 0.363. The highest BCUT2D eigenvalue weighted by atomic mass is 19.2. The number of imidazole rings is 1. The Morgan fingerprint density at radius 2 is 1.83 bits per heavy atom. The van der Waals surface area contributed by atoms with E-state index in [0.29, 0.717) is 23.0 Å². The lowest BCUT2D eigenvalue weighted by Gasteiger charge is -2.33. The van der Waals surface area contributed by atoms with Gasteiger partial charge in [-0.2, -0.15) is 0 Å². The van der Waals surface area contributed by atoms with Gasteiger partial charge in [-0.15, -0.1) is 0 Å². The molecule has 6 nitrogen and oxygen atoms in total. The summed E-state index contributed by atoms with van der Waals surface area (Å²) >= 11 is 0. The number of aryl methyl sites for hydroxylation is 1. The Morgan fingerprint density at radius 1 is 1.03 bits per heavy atom. The first-order chi connectivity index (χ1) is 17.5. The third-order valence-electron chi connectivity index (χ3n) is 7.98. The van der Waals surface area contributed by atoms with E-state index in [0.717, 1.165) is 68.4 Å².